The molecule has 3 aromatic rings. The van der Waals surface area contributed by atoms with E-state index < -0.39 is 12.1 Å². The lowest BCUT2D eigenvalue weighted by Gasteiger charge is -2.42. The van der Waals surface area contributed by atoms with Gasteiger partial charge in [-0.25, -0.2) is 4.39 Å². The van der Waals surface area contributed by atoms with Crippen molar-refractivity contribution in [3.8, 4) is 0 Å². The molecule has 1 aliphatic rings. The van der Waals surface area contributed by atoms with Gasteiger partial charge in [0, 0.05) is 49.1 Å². The summed E-state index contributed by atoms with van der Waals surface area (Å²) in [6.45, 7) is 0. The van der Waals surface area contributed by atoms with E-state index in [-0.39, 0.29) is 24.1 Å². The van der Waals surface area contributed by atoms with Crippen molar-refractivity contribution in [3.05, 3.63) is 70.6 Å². The molecule has 2 amide bonds. The molecule has 4 rings (SSSR count). The monoisotopic (exact) mass is 413 g/mol. The van der Waals surface area contributed by atoms with Gasteiger partial charge in [-0.1, -0.05) is 29.8 Å². The number of carbonyl (C=O) groups excluding carboxylic acids is 2. The normalized spacial score (nSPS) is 20.0. The number of benzene rings is 2. The second-order valence-electron chi connectivity index (χ2n) is 7.44. The largest absolute Gasteiger partial charge is 0.361 e. The molecule has 2 heterocycles. The Kier molecular flexibility index (Phi) is 5.04. The van der Waals surface area contributed by atoms with Gasteiger partial charge in [0.1, 0.15) is 17.9 Å². The van der Waals surface area contributed by atoms with Crippen LogP contribution in [-0.4, -0.2) is 52.8 Å². The van der Waals surface area contributed by atoms with Crippen LogP contribution in [0.4, 0.5) is 4.39 Å². The topological polar surface area (TPSA) is 56.4 Å². The van der Waals surface area contributed by atoms with Gasteiger partial charge >= 0.3 is 0 Å². The van der Waals surface area contributed by atoms with Crippen LogP contribution in [0.15, 0.2) is 48.7 Å². The molecule has 1 aliphatic heterocycles. The van der Waals surface area contributed by atoms with E-state index in [1.54, 1.807) is 44.6 Å². The van der Waals surface area contributed by atoms with E-state index in [1.807, 2.05) is 12.1 Å². The molecular formula is C22H21ClFN3O2. The Hall–Kier alpha value is -2.86. The van der Waals surface area contributed by atoms with E-state index >= 15 is 0 Å². The first kappa shape index (κ1) is 19.5. The second kappa shape index (κ2) is 7.52. The van der Waals surface area contributed by atoms with Gasteiger partial charge in [-0.2, -0.15) is 0 Å². The number of hydrogen-bond acceptors (Lipinski definition) is 2. The molecule has 0 spiro atoms. The molecular weight excluding hydrogens is 393 g/mol. The van der Waals surface area contributed by atoms with E-state index in [0.717, 1.165) is 5.56 Å². The lowest BCUT2D eigenvalue weighted by molar-refractivity contribution is -0.158. The third kappa shape index (κ3) is 3.49. The minimum Gasteiger partial charge on any atom is -0.361 e. The first-order valence-electron chi connectivity index (χ1n) is 9.39. The van der Waals surface area contributed by atoms with Crippen LogP contribution in [0.3, 0.4) is 0 Å². The highest BCUT2D eigenvalue weighted by Crippen LogP contribution is 2.27. The van der Waals surface area contributed by atoms with Crippen LogP contribution in [0.1, 0.15) is 11.1 Å². The van der Waals surface area contributed by atoms with Crippen LogP contribution in [0.25, 0.3) is 10.9 Å². The Bertz CT molecular complexity index is 1080. The van der Waals surface area contributed by atoms with Gasteiger partial charge in [0.2, 0.25) is 11.8 Å². The number of nitrogens with zero attached hydrogens (tertiary/aromatic N) is 2. The summed E-state index contributed by atoms with van der Waals surface area (Å²) in [6, 6.07) is 10.8. The second-order valence-corrected chi connectivity index (χ2v) is 7.88. The number of halogens is 2. The molecule has 0 saturated carbocycles. The fraction of sp³-hybridized carbons (Fsp3) is 0.273. The summed E-state index contributed by atoms with van der Waals surface area (Å²) in [6.07, 6.45) is 2.37. The molecule has 0 bridgehead atoms. The van der Waals surface area contributed by atoms with Gasteiger partial charge in [-0.3, -0.25) is 9.59 Å². The average molecular weight is 414 g/mol. The van der Waals surface area contributed by atoms with Gasteiger partial charge in [0.05, 0.1) is 0 Å². The highest BCUT2D eigenvalue weighted by Gasteiger charge is 2.42. The Labute approximate surface area is 173 Å². The van der Waals surface area contributed by atoms with E-state index in [4.69, 9.17) is 11.6 Å². The number of nitrogens with one attached hydrogen (secondary N) is 1. The highest BCUT2D eigenvalue weighted by atomic mass is 35.5. The van der Waals surface area contributed by atoms with Crippen LogP contribution in [-0.2, 0) is 22.4 Å². The Balaban J connectivity index is 1.58. The number of likely N-dealkylation sites (N-methyl/N-ethyl adjacent to an activating group) is 2. The SMILES string of the molecule is CN1C(=O)[C@H](Cc2c[nH]c3cccc(F)c23)N(C)C(=O)[C@@H]1Cc1ccc(Cl)cc1. The fourth-order valence-electron chi connectivity index (χ4n) is 3.98. The van der Waals surface area contributed by atoms with Crippen LogP contribution >= 0.6 is 11.6 Å². The maximum Gasteiger partial charge on any atom is 0.246 e. The lowest BCUT2D eigenvalue weighted by atomic mass is 9.95. The predicted octanol–water partition coefficient (Wildman–Crippen LogP) is 3.41. The molecule has 2 aromatic carbocycles. The minimum absolute atomic E-state index is 0.132. The number of piperazine rings is 1. The Morgan fingerprint density at radius 3 is 2.24 bits per heavy atom. The van der Waals surface area contributed by atoms with Crippen LogP contribution in [0.2, 0.25) is 5.02 Å². The van der Waals surface area contributed by atoms with Crippen LogP contribution in [0.5, 0.6) is 0 Å². The van der Waals surface area contributed by atoms with Crippen LogP contribution in [0, 0.1) is 5.82 Å². The number of H-pyrrole nitrogens is 1. The van der Waals surface area contributed by atoms with Crippen molar-refractivity contribution in [3.63, 3.8) is 0 Å². The molecule has 7 heteroatoms. The van der Waals surface area contributed by atoms with Crippen molar-refractivity contribution in [2.45, 2.75) is 24.9 Å². The third-order valence-corrected chi connectivity index (χ3v) is 5.94. The zero-order valence-corrected chi connectivity index (χ0v) is 16.9. The van der Waals surface area contributed by atoms with Gasteiger partial charge in [0.25, 0.3) is 0 Å². The highest BCUT2D eigenvalue weighted by molar-refractivity contribution is 6.30. The molecule has 1 fully saturated rings. The molecule has 1 aromatic heterocycles. The molecule has 0 radical (unpaired) electrons. The summed E-state index contributed by atoms with van der Waals surface area (Å²) >= 11 is 5.93. The van der Waals surface area contributed by atoms with Crippen molar-refractivity contribution < 1.29 is 14.0 Å². The first-order valence-corrected chi connectivity index (χ1v) is 9.77. The van der Waals surface area contributed by atoms with Crippen molar-refractivity contribution in [2.75, 3.05) is 14.1 Å². The van der Waals surface area contributed by atoms with E-state index in [0.29, 0.717) is 27.9 Å². The van der Waals surface area contributed by atoms with Gasteiger partial charge in [-0.05, 0) is 35.4 Å². The molecule has 150 valence electrons. The molecule has 0 aliphatic carbocycles. The van der Waals surface area contributed by atoms with E-state index in [1.165, 1.54) is 15.9 Å². The number of rotatable bonds is 4. The van der Waals surface area contributed by atoms with Crippen molar-refractivity contribution in [1.82, 2.24) is 14.8 Å². The van der Waals surface area contributed by atoms with Crippen LogP contribution < -0.4 is 0 Å². The predicted molar refractivity (Wildman–Crippen MR) is 110 cm³/mol. The van der Waals surface area contributed by atoms with Gasteiger partial charge in [0.15, 0.2) is 0 Å². The quantitative estimate of drug-likeness (QED) is 0.712. The molecule has 2 atom stereocenters. The van der Waals surface area contributed by atoms with E-state index in [9.17, 15) is 14.0 Å². The summed E-state index contributed by atoms with van der Waals surface area (Å²) < 4.78 is 14.3. The third-order valence-electron chi connectivity index (χ3n) is 5.69. The Morgan fingerprint density at radius 1 is 0.966 bits per heavy atom. The van der Waals surface area contributed by atoms with Gasteiger partial charge in [-0.15, -0.1) is 0 Å². The minimum atomic E-state index is -0.674. The summed E-state index contributed by atoms with van der Waals surface area (Å²) in [7, 11) is 3.29. The average Bonchev–Trinajstić information content (AvgIpc) is 3.13. The van der Waals surface area contributed by atoms with Crippen molar-refractivity contribution in [2.24, 2.45) is 0 Å². The maximum atomic E-state index is 14.3. The smallest absolute Gasteiger partial charge is 0.246 e. The molecule has 29 heavy (non-hydrogen) atoms. The summed E-state index contributed by atoms with van der Waals surface area (Å²) in [5, 5.41) is 1.09. The number of carbonyl (C=O) groups is 2. The summed E-state index contributed by atoms with van der Waals surface area (Å²) in [4.78, 5) is 32.2. The number of hydrogen-bond donors (Lipinski definition) is 1. The lowest BCUT2D eigenvalue weighted by Crippen LogP contribution is -2.63. The molecule has 1 saturated heterocycles. The Morgan fingerprint density at radius 2 is 1.59 bits per heavy atom. The zero-order valence-electron chi connectivity index (χ0n) is 16.2. The number of fused-ring (bicyclic) bond motifs is 1. The number of aromatic amines is 1. The first-order chi connectivity index (χ1) is 13.9. The number of aromatic nitrogens is 1. The molecule has 0 unspecified atom stereocenters. The molecule has 1 N–H and O–H groups in total. The molecule has 5 nitrogen and oxygen atoms in total. The summed E-state index contributed by atoms with van der Waals surface area (Å²) in [5.41, 5.74) is 2.28. The van der Waals surface area contributed by atoms with Crippen molar-refractivity contribution >= 4 is 34.3 Å². The maximum absolute atomic E-state index is 14.3. The summed E-state index contributed by atoms with van der Waals surface area (Å²) in [5.74, 6) is -0.630. The standard InChI is InChI=1S/C22H21ClFN3O2/c1-26-18(10-13-6-8-15(23)9-7-13)21(28)27(2)19(22(26)29)11-14-12-25-17-5-3-4-16(24)20(14)17/h3-9,12,18-19,25H,10-11H2,1-2H3/t18-,19-/m0/s1. The van der Waals surface area contributed by atoms with Gasteiger partial charge < -0.3 is 14.8 Å². The zero-order chi connectivity index (χ0) is 20.7. The van der Waals surface area contributed by atoms with E-state index in [2.05, 4.69) is 4.98 Å². The fourth-order valence-corrected chi connectivity index (χ4v) is 4.10. The van der Waals surface area contributed by atoms with Crippen molar-refractivity contribution in [1.29, 1.82) is 0 Å². The number of amides is 2.